The van der Waals surface area contributed by atoms with E-state index in [0.717, 1.165) is 48.3 Å². The van der Waals surface area contributed by atoms with E-state index in [1.165, 1.54) is 12.5 Å². The van der Waals surface area contributed by atoms with Gasteiger partial charge in [-0.15, -0.1) is 0 Å². The van der Waals surface area contributed by atoms with Crippen molar-refractivity contribution in [2.24, 2.45) is 0 Å². The SMILES string of the molecule is O=C(OCc1ccccc1)c1ccc(N(Cc2ccc(C3CCCCC3)cc2)C(=O)[C@H]2CCN2S(=O)(=O)c2c(F)c(F)c(F)c(F)c2F)c(F)c1. The maximum absolute atomic E-state index is 15.9. The van der Waals surface area contributed by atoms with Crippen LogP contribution in [0.25, 0.3) is 0 Å². The Morgan fingerprint density at radius 3 is 1.96 bits per heavy atom. The summed E-state index contributed by atoms with van der Waals surface area (Å²) in [5, 5.41) is 0. The highest BCUT2D eigenvalue weighted by Crippen LogP contribution is 2.36. The fourth-order valence-corrected chi connectivity index (χ4v) is 8.20. The summed E-state index contributed by atoms with van der Waals surface area (Å²) in [4.78, 5) is 25.7. The molecule has 1 amide bonds. The molecule has 0 unspecified atom stereocenters. The zero-order chi connectivity index (χ0) is 36.4. The van der Waals surface area contributed by atoms with Crippen molar-refractivity contribution in [2.75, 3.05) is 11.4 Å². The second-order valence-electron chi connectivity index (χ2n) is 12.5. The lowest BCUT2D eigenvalue weighted by atomic mass is 9.84. The molecule has 0 aromatic heterocycles. The number of anilines is 1. The van der Waals surface area contributed by atoms with Gasteiger partial charge in [0.25, 0.3) is 0 Å². The number of hydrogen-bond donors (Lipinski definition) is 0. The van der Waals surface area contributed by atoms with Crippen LogP contribution in [-0.4, -0.2) is 37.2 Å². The lowest BCUT2D eigenvalue weighted by Gasteiger charge is -2.41. The molecule has 268 valence electrons. The largest absolute Gasteiger partial charge is 0.457 e. The number of carbonyl (C=O) groups excluding carboxylic acids is 2. The van der Waals surface area contributed by atoms with Gasteiger partial charge in [-0.3, -0.25) is 4.79 Å². The van der Waals surface area contributed by atoms with Gasteiger partial charge in [0, 0.05) is 6.54 Å². The molecule has 7 nitrogen and oxygen atoms in total. The van der Waals surface area contributed by atoms with Crippen molar-refractivity contribution >= 4 is 27.6 Å². The molecular formula is C37H32F6N2O5S. The Bertz CT molecular complexity index is 2030. The van der Waals surface area contributed by atoms with Gasteiger partial charge in [-0.25, -0.2) is 39.6 Å². The fourth-order valence-electron chi connectivity index (χ4n) is 6.46. The topological polar surface area (TPSA) is 84.0 Å². The number of amides is 1. The molecule has 0 N–H and O–H groups in total. The molecule has 0 spiro atoms. The minimum absolute atomic E-state index is 0.0838. The van der Waals surface area contributed by atoms with Crippen LogP contribution in [0.1, 0.15) is 71.5 Å². The minimum atomic E-state index is -5.45. The van der Waals surface area contributed by atoms with Gasteiger partial charge in [0.2, 0.25) is 21.7 Å². The fraction of sp³-hybridized carbons (Fsp3) is 0.297. The third kappa shape index (κ3) is 7.24. The van der Waals surface area contributed by atoms with Crippen molar-refractivity contribution in [3.05, 3.63) is 130 Å². The Kier molecular flexibility index (Phi) is 10.5. The molecule has 1 saturated heterocycles. The lowest BCUT2D eigenvalue weighted by Crippen LogP contribution is -2.59. The second-order valence-corrected chi connectivity index (χ2v) is 14.4. The van der Waals surface area contributed by atoms with E-state index >= 15 is 4.39 Å². The van der Waals surface area contributed by atoms with Crippen LogP contribution in [-0.2, 0) is 32.7 Å². The Hall–Kier alpha value is -4.69. The number of halogens is 6. The van der Waals surface area contributed by atoms with E-state index in [9.17, 15) is 40.0 Å². The van der Waals surface area contributed by atoms with Crippen LogP contribution in [0.4, 0.5) is 32.0 Å². The summed E-state index contributed by atoms with van der Waals surface area (Å²) in [5.74, 6) is -15.1. The van der Waals surface area contributed by atoms with Crippen LogP contribution >= 0.6 is 0 Å². The first kappa shape index (κ1) is 36.1. The molecule has 1 heterocycles. The Morgan fingerprint density at radius 1 is 0.745 bits per heavy atom. The molecule has 2 aliphatic rings. The second kappa shape index (κ2) is 14.9. The summed E-state index contributed by atoms with van der Waals surface area (Å²) in [6.45, 7) is -0.859. The van der Waals surface area contributed by atoms with Crippen LogP contribution < -0.4 is 4.90 Å². The number of hydrogen-bond acceptors (Lipinski definition) is 5. The number of ether oxygens (including phenoxy) is 1. The van der Waals surface area contributed by atoms with Crippen LogP contribution in [0.15, 0.2) is 77.7 Å². The standard InChI is InChI=1S/C37H32F6N2O5S/c38-27-19-26(37(47)50-21-23-7-3-1-4-8-23)15-16-28(27)44(20-22-11-13-25(14-12-22)24-9-5-2-6-10-24)36(46)29-17-18-45(29)51(48,49)35-33(42)31(40)30(39)32(41)34(35)43/h1,3-4,7-8,11-16,19,24,29H,2,5-6,9-10,17-18,20-21H2/t29-/m1/s1. The first-order chi connectivity index (χ1) is 24.4. The smallest absolute Gasteiger partial charge is 0.338 e. The van der Waals surface area contributed by atoms with E-state index in [1.807, 2.05) is 12.1 Å². The number of sulfonamides is 1. The van der Waals surface area contributed by atoms with Crippen molar-refractivity contribution in [1.82, 2.24) is 4.31 Å². The number of carbonyl (C=O) groups is 2. The van der Waals surface area contributed by atoms with Gasteiger partial charge in [0.1, 0.15) is 18.5 Å². The molecule has 4 aromatic rings. The summed E-state index contributed by atoms with van der Waals surface area (Å²) in [6, 6.07) is 17.6. The maximum atomic E-state index is 15.9. The highest BCUT2D eigenvalue weighted by molar-refractivity contribution is 7.89. The molecule has 2 fully saturated rings. The molecule has 0 radical (unpaired) electrons. The predicted molar refractivity (Wildman–Crippen MR) is 174 cm³/mol. The van der Waals surface area contributed by atoms with Gasteiger partial charge in [-0.2, -0.15) is 4.31 Å². The van der Waals surface area contributed by atoms with E-state index < -0.39 is 74.3 Å². The molecule has 1 aliphatic carbocycles. The van der Waals surface area contributed by atoms with Crippen LogP contribution in [0.5, 0.6) is 0 Å². The Morgan fingerprint density at radius 2 is 1.37 bits per heavy atom. The van der Waals surface area contributed by atoms with Gasteiger partial charge in [-0.1, -0.05) is 73.9 Å². The monoisotopic (exact) mass is 730 g/mol. The highest BCUT2D eigenvalue weighted by Gasteiger charge is 2.48. The lowest BCUT2D eigenvalue weighted by molar-refractivity contribution is -0.125. The van der Waals surface area contributed by atoms with Crippen LogP contribution in [0.3, 0.4) is 0 Å². The predicted octanol–water partition coefficient (Wildman–Crippen LogP) is 7.92. The van der Waals surface area contributed by atoms with E-state index in [1.54, 1.807) is 42.5 Å². The zero-order valence-electron chi connectivity index (χ0n) is 27.1. The van der Waals surface area contributed by atoms with Crippen LogP contribution in [0, 0.1) is 34.9 Å². The van der Waals surface area contributed by atoms with Crippen LogP contribution in [0.2, 0.25) is 0 Å². The normalized spacial score (nSPS) is 16.8. The average Bonchev–Trinajstić information content (AvgIpc) is 3.11. The molecule has 6 rings (SSSR count). The highest BCUT2D eigenvalue weighted by atomic mass is 32.2. The molecule has 1 aliphatic heterocycles. The first-order valence-electron chi connectivity index (χ1n) is 16.3. The third-order valence-electron chi connectivity index (χ3n) is 9.34. The number of benzene rings is 4. The summed E-state index contributed by atoms with van der Waals surface area (Å²) in [6.07, 6.45) is 5.24. The van der Waals surface area contributed by atoms with Gasteiger partial charge < -0.3 is 9.64 Å². The van der Waals surface area contributed by atoms with Crippen molar-refractivity contribution in [2.45, 2.75) is 68.5 Å². The first-order valence-corrected chi connectivity index (χ1v) is 17.8. The van der Waals surface area contributed by atoms with Gasteiger partial charge in [0.05, 0.1) is 17.8 Å². The molecule has 51 heavy (non-hydrogen) atoms. The summed E-state index contributed by atoms with van der Waals surface area (Å²) in [7, 11) is -5.45. The van der Waals surface area contributed by atoms with E-state index in [4.69, 9.17) is 4.74 Å². The van der Waals surface area contributed by atoms with Crippen molar-refractivity contribution in [3.8, 4) is 0 Å². The van der Waals surface area contributed by atoms with E-state index in [-0.39, 0.29) is 30.8 Å². The summed E-state index contributed by atoms with van der Waals surface area (Å²) < 4.78 is 119. The molecule has 1 saturated carbocycles. The zero-order valence-corrected chi connectivity index (χ0v) is 27.9. The molecule has 4 aromatic carbocycles. The Balaban J connectivity index is 1.30. The van der Waals surface area contributed by atoms with Gasteiger partial charge in [0.15, 0.2) is 28.2 Å². The van der Waals surface area contributed by atoms with Crippen molar-refractivity contribution < 1.29 is 49.1 Å². The minimum Gasteiger partial charge on any atom is -0.457 e. The van der Waals surface area contributed by atoms with E-state index in [0.29, 0.717) is 21.4 Å². The quantitative estimate of drug-likeness (QED) is 0.0717. The number of esters is 1. The van der Waals surface area contributed by atoms with Crippen molar-refractivity contribution in [1.29, 1.82) is 0 Å². The summed E-state index contributed by atoms with van der Waals surface area (Å²) >= 11 is 0. The molecule has 0 bridgehead atoms. The third-order valence-corrected chi connectivity index (χ3v) is 11.3. The average molecular weight is 731 g/mol. The number of nitrogens with zero attached hydrogens (tertiary/aromatic N) is 2. The maximum Gasteiger partial charge on any atom is 0.338 e. The molecule has 1 atom stereocenters. The molecular weight excluding hydrogens is 698 g/mol. The Labute approximate surface area is 290 Å². The van der Waals surface area contributed by atoms with Gasteiger partial charge in [-0.05, 0) is 60.1 Å². The van der Waals surface area contributed by atoms with E-state index in [2.05, 4.69) is 0 Å². The van der Waals surface area contributed by atoms with Crippen molar-refractivity contribution in [3.63, 3.8) is 0 Å². The van der Waals surface area contributed by atoms with Gasteiger partial charge >= 0.3 is 5.97 Å². The number of rotatable bonds is 10. The molecule has 14 heteroatoms. The summed E-state index contributed by atoms with van der Waals surface area (Å²) in [5.41, 5.74) is 1.80.